The molecule has 1 aromatic carbocycles. The Balaban J connectivity index is 3.04. The Morgan fingerprint density at radius 1 is 1.32 bits per heavy atom. The maximum Gasteiger partial charge on any atom is 0.323 e. The number of hydrogen-bond donors (Lipinski definition) is 0. The average Bonchev–Trinajstić information content (AvgIpc) is 2.37. The predicted molar refractivity (Wildman–Crippen MR) is 79.6 cm³/mol. The fraction of sp³-hybridized carbons (Fsp3) is 0.429. The second kappa shape index (κ2) is 6.88. The van der Waals surface area contributed by atoms with Crippen LogP contribution in [0.3, 0.4) is 0 Å². The quantitative estimate of drug-likeness (QED) is 0.450. The van der Waals surface area contributed by atoms with Crippen LogP contribution in [0.1, 0.15) is 19.4 Å². The molecule has 0 fully saturated rings. The van der Waals surface area contributed by atoms with Gasteiger partial charge in [-0.05, 0) is 60.6 Å². The molecule has 1 rings (SSSR count). The van der Waals surface area contributed by atoms with Gasteiger partial charge in [0.2, 0.25) is 0 Å². The topological polar surface area (TPSA) is 52.6 Å². The molecular weight excluding hydrogens is 359 g/mol. The van der Waals surface area contributed by atoms with Gasteiger partial charge in [-0.15, -0.1) is 0 Å². The van der Waals surface area contributed by atoms with Crippen molar-refractivity contribution in [2.24, 2.45) is 5.41 Å². The lowest BCUT2D eigenvalue weighted by molar-refractivity contribution is -0.169. The van der Waals surface area contributed by atoms with Gasteiger partial charge in [-0.25, -0.2) is 0 Å². The fourth-order valence-corrected chi connectivity index (χ4v) is 2.41. The van der Waals surface area contributed by atoms with Crippen LogP contribution in [0, 0.1) is 8.99 Å². The van der Waals surface area contributed by atoms with Crippen molar-refractivity contribution >= 4 is 34.5 Å². The molecule has 0 radical (unpaired) electrons. The first-order chi connectivity index (χ1) is 8.93. The zero-order valence-corrected chi connectivity index (χ0v) is 13.4. The van der Waals surface area contributed by atoms with E-state index in [0.717, 1.165) is 9.13 Å². The minimum absolute atomic E-state index is 0.234. The van der Waals surface area contributed by atoms with Gasteiger partial charge in [0.15, 0.2) is 5.41 Å². The zero-order valence-electron chi connectivity index (χ0n) is 11.2. The fourth-order valence-electron chi connectivity index (χ4n) is 1.80. The summed E-state index contributed by atoms with van der Waals surface area (Å²) in [6, 6.07) is 7.65. The summed E-state index contributed by atoms with van der Waals surface area (Å²) < 4.78 is 10.8. The van der Waals surface area contributed by atoms with Crippen LogP contribution < -0.4 is 0 Å². The molecule has 1 atom stereocenters. The second-order valence-corrected chi connectivity index (χ2v) is 5.60. The highest BCUT2D eigenvalue weighted by Crippen LogP contribution is 2.27. The first-order valence-electron chi connectivity index (χ1n) is 5.94. The van der Waals surface area contributed by atoms with E-state index in [2.05, 4.69) is 22.6 Å². The van der Waals surface area contributed by atoms with Crippen molar-refractivity contribution in [3.8, 4) is 0 Å². The molecule has 0 N–H and O–H groups in total. The Morgan fingerprint density at radius 3 is 2.53 bits per heavy atom. The van der Waals surface area contributed by atoms with Crippen molar-refractivity contribution in [3.63, 3.8) is 0 Å². The lowest BCUT2D eigenvalue weighted by Gasteiger charge is -2.24. The van der Waals surface area contributed by atoms with Gasteiger partial charge in [0, 0.05) is 3.57 Å². The van der Waals surface area contributed by atoms with Crippen LogP contribution in [0.5, 0.6) is 0 Å². The minimum Gasteiger partial charge on any atom is -0.468 e. The molecular formula is C14H17IO4. The second-order valence-electron chi connectivity index (χ2n) is 4.35. The number of benzene rings is 1. The molecule has 0 amide bonds. The van der Waals surface area contributed by atoms with E-state index in [0.29, 0.717) is 0 Å². The summed E-state index contributed by atoms with van der Waals surface area (Å²) in [5.41, 5.74) is -0.414. The Kier molecular flexibility index (Phi) is 5.78. The van der Waals surface area contributed by atoms with Crippen LogP contribution in [-0.4, -0.2) is 25.7 Å². The Bertz CT molecular complexity index is 472. The van der Waals surface area contributed by atoms with Crippen molar-refractivity contribution in [2.45, 2.75) is 20.3 Å². The third kappa shape index (κ3) is 3.92. The number of carbonyl (C=O) groups excluding carboxylic acids is 2. The molecule has 104 valence electrons. The molecule has 19 heavy (non-hydrogen) atoms. The van der Waals surface area contributed by atoms with Crippen LogP contribution in [0.2, 0.25) is 0 Å². The number of ether oxygens (including phenoxy) is 2. The molecule has 0 aliphatic heterocycles. The van der Waals surface area contributed by atoms with Gasteiger partial charge in [-0.1, -0.05) is 12.1 Å². The molecule has 0 aliphatic carbocycles. The Labute approximate surface area is 126 Å². The summed E-state index contributed by atoms with van der Waals surface area (Å²) in [6.07, 6.45) is 0.259. The predicted octanol–water partition coefficient (Wildman–Crippen LogP) is 2.58. The molecule has 5 heteroatoms. The molecule has 0 saturated carbocycles. The van der Waals surface area contributed by atoms with Crippen molar-refractivity contribution < 1.29 is 19.1 Å². The highest BCUT2D eigenvalue weighted by molar-refractivity contribution is 14.1. The monoisotopic (exact) mass is 376 g/mol. The third-order valence-electron chi connectivity index (χ3n) is 2.81. The van der Waals surface area contributed by atoms with Gasteiger partial charge in [0.1, 0.15) is 0 Å². The number of hydrogen-bond acceptors (Lipinski definition) is 4. The van der Waals surface area contributed by atoms with E-state index < -0.39 is 17.4 Å². The first kappa shape index (κ1) is 15.9. The van der Waals surface area contributed by atoms with Gasteiger partial charge >= 0.3 is 11.9 Å². The van der Waals surface area contributed by atoms with Gasteiger partial charge in [0.25, 0.3) is 0 Å². The van der Waals surface area contributed by atoms with Gasteiger partial charge in [-0.3, -0.25) is 9.59 Å². The van der Waals surface area contributed by atoms with Crippen molar-refractivity contribution in [1.82, 2.24) is 0 Å². The third-order valence-corrected chi connectivity index (χ3v) is 3.48. The maximum atomic E-state index is 12.0. The van der Waals surface area contributed by atoms with E-state index in [1.54, 1.807) is 13.8 Å². The van der Waals surface area contributed by atoms with Crippen LogP contribution in [0.25, 0.3) is 0 Å². The summed E-state index contributed by atoms with van der Waals surface area (Å²) in [6.45, 7) is 3.50. The number of esters is 2. The summed E-state index contributed by atoms with van der Waals surface area (Å²) >= 11 is 2.19. The first-order valence-corrected chi connectivity index (χ1v) is 7.02. The standard InChI is InChI=1S/C14H17IO4/c1-4-19-13(17)14(2,12(16)18-3)9-10-6-5-7-11(15)8-10/h5-8H,4,9H2,1-3H3. The molecule has 0 aliphatic rings. The molecule has 0 bridgehead atoms. The Hall–Kier alpha value is -1.11. The van der Waals surface area contributed by atoms with Crippen LogP contribution in [-0.2, 0) is 25.5 Å². The van der Waals surface area contributed by atoms with Crippen molar-refractivity contribution in [2.75, 3.05) is 13.7 Å². The van der Waals surface area contributed by atoms with Crippen molar-refractivity contribution in [3.05, 3.63) is 33.4 Å². The van der Waals surface area contributed by atoms with E-state index in [-0.39, 0.29) is 13.0 Å². The summed E-state index contributed by atoms with van der Waals surface area (Å²) in [5, 5.41) is 0. The van der Waals surface area contributed by atoms with Crippen LogP contribution in [0.4, 0.5) is 0 Å². The molecule has 0 aromatic heterocycles. The van der Waals surface area contributed by atoms with Crippen LogP contribution in [0.15, 0.2) is 24.3 Å². The molecule has 1 aromatic rings. The SMILES string of the molecule is CCOC(=O)C(C)(Cc1cccc(I)c1)C(=O)OC. The molecule has 0 saturated heterocycles. The average molecular weight is 376 g/mol. The zero-order chi connectivity index (χ0) is 14.5. The highest BCUT2D eigenvalue weighted by atomic mass is 127. The number of carbonyl (C=O) groups is 2. The number of rotatable bonds is 5. The Morgan fingerprint density at radius 2 is 2.00 bits per heavy atom. The van der Waals surface area contributed by atoms with Gasteiger partial charge in [-0.2, -0.15) is 0 Å². The summed E-state index contributed by atoms with van der Waals surface area (Å²) in [5.74, 6) is -1.13. The molecule has 0 spiro atoms. The molecule has 0 heterocycles. The van der Waals surface area contributed by atoms with Crippen LogP contribution >= 0.6 is 22.6 Å². The lowest BCUT2D eigenvalue weighted by atomic mass is 9.83. The minimum atomic E-state index is -1.31. The molecule has 4 nitrogen and oxygen atoms in total. The van der Waals surface area contributed by atoms with Gasteiger partial charge < -0.3 is 9.47 Å². The normalized spacial score (nSPS) is 13.5. The lowest BCUT2D eigenvalue weighted by Crippen LogP contribution is -2.40. The van der Waals surface area contributed by atoms with E-state index >= 15 is 0 Å². The maximum absolute atomic E-state index is 12.0. The van der Waals surface area contributed by atoms with Crippen molar-refractivity contribution in [1.29, 1.82) is 0 Å². The van der Waals surface area contributed by atoms with E-state index in [9.17, 15) is 9.59 Å². The highest BCUT2D eigenvalue weighted by Gasteiger charge is 2.44. The smallest absolute Gasteiger partial charge is 0.323 e. The summed E-state index contributed by atoms with van der Waals surface area (Å²) in [7, 11) is 1.27. The van der Waals surface area contributed by atoms with E-state index in [4.69, 9.17) is 9.47 Å². The van der Waals surface area contributed by atoms with Gasteiger partial charge in [0.05, 0.1) is 13.7 Å². The molecule has 1 unspecified atom stereocenters. The van der Waals surface area contributed by atoms with E-state index in [1.807, 2.05) is 24.3 Å². The summed E-state index contributed by atoms with van der Waals surface area (Å²) in [4.78, 5) is 23.9. The number of halogens is 1. The number of methoxy groups -OCH3 is 1. The largest absolute Gasteiger partial charge is 0.468 e. The van der Waals surface area contributed by atoms with E-state index in [1.165, 1.54) is 7.11 Å².